The van der Waals surface area contributed by atoms with Crippen LogP contribution in [-0.4, -0.2) is 4.57 Å². The van der Waals surface area contributed by atoms with Gasteiger partial charge < -0.3 is 10.3 Å². The molecule has 0 unspecified atom stereocenters. The van der Waals surface area contributed by atoms with E-state index < -0.39 is 0 Å². The summed E-state index contributed by atoms with van der Waals surface area (Å²) in [6, 6.07) is 9.01. The predicted molar refractivity (Wildman–Crippen MR) is 72.1 cm³/mol. The van der Waals surface area contributed by atoms with E-state index in [0.29, 0.717) is 5.92 Å². The van der Waals surface area contributed by atoms with Gasteiger partial charge in [0.25, 0.3) is 0 Å². The first-order chi connectivity index (χ1) is 8.01. The largest absolute Gasteiger partial charge is 0.346 e. The van der Waals surface area contributed by atoms with Gasteiger partial charge in [0.2, 0.25) is 0 Å². The van der Waals surface area contributed by atoms with Crippen molar-refractivity contribution in [1.82, 2.24) is 4.57 Å². The third-order valence-electron chi connectivity index (χ3n) is 4.03. The van der Waals surface area contributed by atoms with E-state index in [1.165, 1.54) is 22.2 Å². The van der Waals surface area contributed by atoms with Crippen LogP contribution in [0.3, 0.4) is 0 Å². The van der Waals surface area contributed by atoms with Crippen molar-refractivity contribution in [3.05, 3.63) is 35.5 Å². The van der Waals surface area contributed by atoms with Gasteiger partial charge in [0, 0.05) is 18.3 Å². The first-order valence-electron chi connectivity index (χ1n) is 6.40. The van der Waals surface area contributed by atoms with Crippen LogP contribution >= 0.6 is 0 Å². The Hall–Kier alpha value is -1.28. The van der Waals surface area contributed by atoms with Crippen molar-refractivity contribution in [2.75, 3.05) is 0 Å². The van der Waals surface area contributed by atoms with Crippen LogP contribution in [0.15, 0.2) is 24.3 Å². The second-order valence-corrected chi connectivity index (χ2v) is 5.72. The molecule has 1 heterocycles. The molecule has 0 spiro atoms. The number of nitrogens with zero attached hydrogens (tertiary/aromatic N) is 1. The van der Waals surface area contributed by atoms with E-state index in [1.54, 1.807) is 0 Å². The molecule has 3 rings (SSSR count). The van der Waals surface area contributed by atoms with Crippen LogP contribution in [0, 0.1) is 0 Å². The van der Waals surface area contributed by atoms with Gasteiger partial charge in [-0.25, -0.2) is 0 Å². The average Bonchev–Trinajstić information content (AvgIpc) is 2.95. The van der Waals surface area contributed by atoms with Crippen molar-refractivity contribution in [1.29, 1.82) is 0 Å². The van der Waals surface area contributed by atoms with E-state index in [9.17, 15) is 0 Å². The fourth-order valence-electron chi connectivity index (χ4n) is 2.57. The van der Waals surface area contributed by atoms with Gasteiger partial charge in [-0.05, 0) is 41.8 Å². The van der Waals surface area contributed by atoms with E-state index in [0.717, 1.165) is 12.8 Å². The number of hydrogen-bond acceptors (Lipinski definition) is 1. The minimum atomic E-state index is -0.0498. The average molecular weight is 228 g/mol. The van der Waals surface area contributed by atoms with Gasteiger partial charge in [-0.15, -0.1) is 0 Å². The summed E-state index contributed by atoms with van der Waals surface area (Å²) in [6.45, 7) is 4.46. The van der Waals surface area contributed by atoms with Crippen molar-refractivity contribution >= 4 is 10.9 Å². The third kappa shape index (κ3) is 1.59. The molecule has 0 amide bonds. The summed E-state index contributed by atoms with van der Waals surface area (Å²) in [6.07, 6.45) is 2.24. The second kappa shape index (κ2) is 3.36. The van der Waals surface area contributed by atoms with Crippen molar-refractivity contribution in [2.45, 2.75) is 38.1 Å². The molecular weight excluding hydrogens is 208 g/mol. The van der Waals surface area contributed by atoms with Gasteiger partial charge in [0.15, 0.2) is 0 Å². The lowest BCUT2D eigenvalue weighted by molar-refractivity contribution is 0.666. The van der Waals surface area contributed by atoms with E-state index >= 15 is 0 Å². The second-order valence-electron chi connectivity index (χ2n) is 5.72. The van der Waals surface area contributed by atoms with Crippen molar-refractivity contribution in [3.8, 4) is 0 Å². The zero-order valence-electron chi connectivity index (χ0n) is 10.8. The standard InChI is InChI=1S/C15H20N2/c1-10(2)11-4-5-12-9-14(15(16)6-7-15)17(3)13(12)8-11/h4-5,8-10H,6-7,16H2,1-3H3. The maximum atomic E-state index is 6.31. The van der Waals surface area contributed by atoms with Crippen LogP contribution in [0.25, 0.3) is 10.9 Å². The van der Waals surface area contributed by atoms with Gasteiger partial charge in [-0.2, -0.15) is 0 Å². The fraction of sp³-hybridized carbons (Fsp3) is 0.467. The number of hydrogen-bond donors (Lipinski definition) is 1. The number of rotatable bonds is 2. The Morgan fingerprint density at radius 2 is 1.94 bits per heavy atom. The molecule has 0 radical (unpaired) electrons. The van der Waals surface area contributed by atoms with E-state index in [2.05, 4.69) is 49.7 Å². The molecule has 0 bridgehead atoms. The maximum Gasteiger partial charge on any atom is 0.0565 e. The minimum Gasteiger partial charge on any atom is -0.346 e. The van der Waals surface area contributed by atoms with Crippen molar-refractivity contribution in [3.63, 3.8) is 0 Å². The molecule has 0 aliphatic heterocycles. The minimum absolute atomic E-state index is 0.0498. The molecule has 1 saturated carbocycles. The van der Waals surface area contributed by atoms with E-state index in [1.807, 2.05) is 0 Å². The zero-order chi connectivity index (χ0) is 12.2. The normalized spacial score (nSPS) is 17.9. The summed E-state index contributed by atoms with van der Waals surface area (Å²) in [5.74, 6) is 0.575. The highest BCUT2D eigenvalue weighted by Gasteiger charge is 2.42. The molecule has 1 aliphatic rings. The summed E-state index contributed by atoms with van der Waals surface area (Å²) < 4.78 is 2.27. The van der Waals surface area contributed by atoms with Crippen LogP contribution in [0.5, 0.6) is 0 Å². The summed E-state index contributed by atoms with van der Waals surface area (Å²) in [5, 5.41) is 1.31. The molecule has 0 saturated heterocycles. The lowest BCUT2D eigenvalue weighted by atomic mass is 10.0. The van der Waals surface area contributed by atoms with Gasteiger partial charge in [-0.1, -0.05) is 26.0 Å². The highest BCUT2D eigenvalue weighted by Crippen LogP contribution is 2.44. The smallest absolute Gasteiger partial charge is 0.0565 e. The van der Waals surface area contributed by atoms with Crippen LogP contribution in [0.4, 0.5) is 0 Å². The Labute approximate surface area is 102 Å². The van der Waals surface area contributed by atoms with Gasteiger partial charge in [0.1, 0.15) is 0 Å². The van der Waals surface area contributed by atoms with Gasteiger partial charge in [0.05, 0.1) is 5.54 Å². The molecule has 2 aromatic rings. The Kier molecular flexibility index (Phi) is 2.14. The third-order valence-corrected chi connectivity index (χ3v) is 4.03. The Bertz CT molecular complexity index is 574. The SMILES string of the molecule is CC(C)c1ccc2cc(C3(N)CC3)n(C)c2c1. The lowest BCUT2D eigenvalue weighted by Crippen LogP contribution is -2.21. The van der Waals surface area contributed by atoms with Crippen molar-refractivity contribution < 1.29 is 0 Å². The monoisotopic (exact) mass is 228 g/mol. The molecule has 1 aromatic carbocycles. The Morgan fingerprint density at radius 1 is 1.24 bits per heavy atom. The van der Waals surface area contributed by atoms with E-state index in [-0.39, 0.29) is 5.54 Å². The van der Waals surface area contributed by atoms with Gasteiger partial charge in [-0.3, -0.25) is 0 Å². The number of aromatic nitrogens is 1. The summed E-state index contributed by atoms with van der Waals surface area (Å²) in [4.78, 5) is 0. The molecule has 17 heavy (non-hydrogen) atoms. The van der Waals surface area contributed by atoms with Crippen LogP contribution < -0.4 is 5.73 Å². The fourth-order valence-corrected chi connectivity index (χ4v) is 2.57. The molecule has 90 valence electrons. The summed E-state index contributed by atoms with van der Waals surface area (Å²) in [5.41, 5.74) is 10.2. The van der Waals surface area contributed by atoms with Crippen LogP contribution in [0.1, 0.15) is 43.9 Å². The molecule has 2 heteroatoms. The number of fused-ring (bicyclic) bond motifs is 1. The predicted octanol–water partition coefficient (Wildman–Crippen LogP) is 3.25. The molecule has 2 nitrogen and oxygen atoms in total. The van der Waals surface area contributed by atoms with Gasteiger partial charge >= 0.3 is 0 Å². The molecule has 2 N–H and O–H groups in total. The molecule has 0 atom stereocenters. The van der Waals surface area contributed by atoms with Crippen molar-refractivity contribution in [2.24, 2.45) is 12.8 Å². The van der Waals surface area contributed by atoms with E-state index in [4.69, 9.17) is 5.73 Å². The Morgan fingerprint density at radius 3 is 2.53 bits per heavy atom. The summed E-state index contributed by atoms with van der Waals surface area (Å²) in [7, 11) is 2.13. The molecule has 1 fully saturated rings. The molecule has 1 aliphatic carbocycles. The van der Waals surface area contributed by atoms with Crippen LogP contribution in [-0.2, 0) is 12.6 Å². The molecular formula is C15H20N2. The highest BCUT2D eigenvalue weighted by atomic mass is 15.0. The maximum absolute atomic E-state index is 6.31. The zero-order valence-corrected chi connectivity index (χ0v) is 10.8. The Balaban J connectivity index is 2.20. The first kappa shape index (κ1) is 10.8. The quantitative estimate of drug-likeness (QED) is 0.840. The highest BCUT2D eigenvalue weighted by molar-refractivity contribution is 5.82. The topological polar surface area (TPSA) is 30.9 Å². The lowest BCUT2D eigenvalue weighted by Gasteiger charge is -2.11. The first-order valence-corrected chi connectivity index (χ1v) is 6.40. The molecule has 1 aromatic heterocycles. The number of benzene rings is 1. The number of nitrogens with two attached hydrogens (primary N) is 1. The summed E-state index contributed by atoms with van der Waals surface area (Å²) >= 11 is 0. The number of aryl methyl sites for hydroxylation is 1. The van der Waals surface area contributed by atoms with Crippen LogP contribution in [0.2, 0.25) is 0 Å².